The Hall–Kier alpha value is -3.40. The average Bonchev–Trinajstić information content (AvgIpc) is 2.91. The van der Waals surface area contributed by atoms with Crippen molar-refractivity contribution in [3.63, 3.8) is 0 Å². The maximum Gasteiger partial charge on any atom is 0.224 e. The molecule has 7 heteroatoms. The maximum atomic E-state index is 8.92. The molecule has 0 saturated heterocycles. The number of hydrogen-bond donors (Lipinski definition) is 1. The van der Waals surface area contributed by atoms with Crippen LogP contribution in [0.25, 0.3) is 5.82 Å². The van der Waals surface area contributed by atoms with Crippen molar-refractivity contribution in [2.45, 2.75) is 6.92 Å². The Morgan fingerprint density at radius 2 is 2.09 bits per heavy atom. The first-order valence-corrected chi connectivity index (χ1v) is 6.48. The van der Waals surface area contributed by atoms with Gasteiger partial charge in [-0.25, -0.2) is 9.97 Å². The van der Waals surface area contributed by atoms with E-state index in [1.807, 2.05) is 37.3 Å². The molecule has 2 N–H and O–H groups in total. The Bertz CT molecular complexity index is 864. The Kier molecular flexibility index (Phi) is 3.42. The third kappa shape index (κ3) is 2.45. The number of aromatic nitrogens is 4. The largest absolute Gasteiger partial charge is 0.439 e. The van der Waals surface area contributed by atoms with Crippen LogP contribution in [0.15, 0.2) is 42.9 Å². The Morgan fingerprint density at radius 1 is 1.27 bits per heavy atom. The summed E-state index contributed by atoms with van der Waals surface area (Å²) in [5.74, 6) is 1.73. The highest BCUT2D eigenvalue weighted by Gasteiger charge is 2.11. The molecule has 0 aliphatic rings. The highest BCUT2D eigenvalue weighted by atomic mass is 16.5. The van der Waals surface area contributed by atoms with E-state index in [0.717, 1.165) is 5.56 Å². The molecule has 3 aromatic rings. The summed E-state index contributed by atoms with van der Waals surface area (Å²) in [5, 5.41) is 13.0. The zero-order valence-electron chi connectivity index (χ0n) is 11.8. The Labute approximate surface area is 126 Å². The van der Waals surface area contributed by atoms with Crippen molar-refractivity contribution < 1.29 is 4.74 Å². The second-order valence-electron chi connectivity index (χ2n) is 4.55. The van der Waals surface area contributed by atoms with Crippen LogP contribution in [0.3, 0.4) is 0 Å². The van der Waals surface area contributed by atoms with Gasteiger partial charge in [-0.05, 0) is 18.6 Å². The van der Waals surface area contributed by atoms with Gasteiger partial charge in [-0.1, -0.05) is 18.2 Å². The van der Waals surface area contributed by atoms with E-state index in [4.69, 9.17) is 15.7 Å². The van der Waals surface area contributed by atoms with E-state index in [2.05, 4.69) is 15.1 Å². The molecule has 0 amide bonds. The fourth-order valence-corrected chi connectivity index (χ4v) is 1.91. The van der Waals surface area contributed by atoms with Crippen molar-refractivity contribution in [3.8, 4) is 23.5 Å². The van der Waals surface area contributed by atoms with Gasteiger partial charge < -0.3 is 10.5 Å². The van der Waals surface area contributed by atoms with Crippen molar-refractivity contribution in [3.05, 3.63) is 54.0 Å². The fourth-order valence-electron chi connectivity index (χ4n) is 1.91. The Balaban J connectivity index is 1.95. The highest BCUT2D eigenvalue weighted by Crippen LogP contribution is 2.24. The second-order valence-corrected chi connectivity index (χ2v) is 4.55. The monoisotopic (exact) mass is 292 g/mol. The van der Waals surface area contributed by atoms with Gasteiger partial charge >= 0.3 is 0 Å². The number of aryl methyl sites for hydroxylation is 1. The predicted octanol–water partition coefficient (Wildman–Crippen LogP) is 2.22. The minimum Gasteiger partial charge on any atom is -0.439 e. The number of nitrogens with two attached hydrogens (primary N) is 1. The van der Waals surface area contributed by atoms with E-state index < -0.39 is 0 Å². The number of nitrogen functional groups attached to an aromatic ring is 1. The summed E-state index contributed by atoms with van der Waals surface area (Å²) in [4.78, 5) is 8.18. The number of rotatable bonds is 3. The molecule has 1 aromatic carbocycles. The minimum absolute atomic E-state index is 0.225. The number of ether oxygens (including phenoxy) is 1. The lowest BCUT2D eigenvalue weighted by Crippen LogP contribution is -2.05. The van der Waals surface area contributed by atoms with Crippen molar-refractivity contribution in [2.75, 3.05) is 5.73 Å². The van der Waals surface area contributed by atoms with E-state index in [0.29, 0.717) is 23.0 Å². The van der Waals surface area contributed by atoms with Gasteiger partial charge in [0.25, 0.3) is 0 Å². The predicted molar refractivity (Wildman–Crippen MR) is 79.5 cm³/mol. The van der Waals surface area contributed by atoms with Crippen LogP contribution in [0.4, 0.5) is 5.82 Å². The van der Waals surface area contributed by atoms with Crippen LogP contribution in [0.2, 0.25) is 0 Å². The molecule has 0 aliphatic heterocycles. The molecular weight excluding hydrogens is 280 g/mol. The molecule has 22 heavy (non-hydrogen) atoms. The van der Waals surface area contributed by atoms with Crippen LogP contribution in [-0.4, -0.2) is 19.7 Å². The topological polar surface area (TPSA) is 103 Å². The average molecular weight is 292 g/mol. The number of para-hydroxylation sites is 1. The molecule has 2 aromatic heterocycles. The fraction of sp³-hybridized carbons (Fsp3) is 0.0667. The zero-order valence-corrected chi connectivity index (χ0v) is 11.8. The van der Waals surface area contributed by atoms with Crippen molar-refractivity contribution >= 4 is 5.82 Å². The van der Waals surface area contributed by atoms with Gasteiger partial charge in [-0.15, -0.1) is 0 Å². The molecule has 0 radical (unpaired) electrons. The van der Waals surface area contributed by atoms with E-state index in [1.54, 1.807) is 6.07 Å². The van der Waals surface area contributed by atoms with Crippen LogP contribution >= 0.6 is 0 Å². The first kappa shape index (κ1) is 13.6. The summed E-state index contributed by atoms with van der Waals surface area (Å²) in [6, 6.07) is 11.2. The third-order valence-electron chi connectivity index (χ3n) is 3.08. The Morgan fingerprint density at radius 3 is 2.82 bits per heavy atom. The highest BCUT2D eigenvalue weighted by molar-refractivity contribution is 5.51. The van der Waals surface area contributed by atoms with Gasteiger partial charge in [0, 0.05) is 6.07 Å². The molecule has 0 saturated carbocycles. The van der Waals surface area contributed by atoms with Crippen LogP contribution < -0.4 is 10.5 Å². The van der Waals surface area contributed by atoms with Crippen LogP contribution in [-0.2, 0) is 0 Å². The molecule has 3 rings (SSSR count). The van der Waals surface area contributed by atoms with E-state index in [9.17, 15) is 0 Å². The summed E-state index contributed by atoms with van der Waals surface area (Å²) in [7, 11) is 0. The number of hydrogen-bond acceptors (Lipinski definition) is 6. The first-order valence-electron chi connectivity index (χ1n) is 6.48. The molecule has 0 aliphatic carbocycles. The van der Waals surface area contributed by atoms with E-state index in [-0.39, 0.29) is 5.82 Å². The second kappa shape index (κ2) is 5.54. The lowest BCUT2D eigenvalue weighted by Gasteiger charge is -2.08. The molecule has 108 valence electrons. The van der Waals surface area contributed by atoms with E-state index >= 15 is 0 Å². The SMILES string of the molecule is Cc1ccccc1Oc1cc(-n2ncc(C#N)c2N)ncn1. The lowest BCUT2D eigenvalue weighted by atomic mass is 10.2. The molecule has 0 bridgehead atoms. The smallest absolute Gasteiger partial charge is 0.224 e. The number of nitriles is 1. The molecular formula is C15H12N6O. The van der Waals surface area contributed by atoms with Gasteiger partial charge in [0.2, 0.25) is 5.88 Å². The number of benzene rings is 1. The van der Waals surface area contributed by atoms with Crippen molar-refractivity contribution in [1.29, 1.82) is 5.26 Å². The molecule has 0 unspecified atom stereocenters. The lowest BCUT2D eigenvalue weighted by molar-refractivity contribution is 0.457. The van der Waals surface area contributed by atoms with Crippen molar-refractivity contribution in [2.24, 2.45) is 0 Å². The third-order valence-corrected chi connectivity index (χ3v) is 3.08. The van der Waals surface area contributed by atoms with Crippen LogP contribution in [0.5, 0.6) is 11.6 Å². The van der Waals surface area contributed by atoms with Gasteiger partial charge in [0.15, 0.2) is 5.82 Å². The standard InChI is InChI=1S/C15H12N6O/c1-10-4-2-3-5-12(10)22-14-6-13(18-9-19-14)21-15(17)11(7-16)8-20-21/h2-6,8-9H,17H2,1H3. The van der Waals surface area contributed by atoms with Gasteiger partial charge in [0.1, 0.15) is 29.5 Å². The molecule has 0 atom stereocenters. The number of anilines is 1. The summed E-state index contributed by atoms with van der Waals surface area (Å²) in [6.07, 6.45) is 2.75. The molecule has 0 fully saturated rings. The van der Waals surface area contributed by atoms with Gasteiger partial charge in [-0.2, -0.15) is 15.0 Å². The minimum atomic E-state index is 0.225. The normalized spacial score (nSPS) is 10.2. The van der Waals surface area contributed by atoms with Crippen LogP contribution in [0, 0.1) is 18.3 Å². The summed E-state index contributed by atoms with van der Waals surface area (Å²) < 4.78 is 7.11. The van der Waals surface area contributed by atoms with E-state index in [1.165, 1.54) is 17.2 Å². The van der Waals surface area contributed by atoms with Gasteiger partial charge in [-0.3, -0.25) is 0 Å². The first-order chi connectivity index (χ1) is 10.7. The summed E-state index contributed by atoms with van der Waals surface area (Å²) in [5.41, 5.74) is 7.13. The van der Waals surface area contributed by atoms with Crippen LogP contribution in [0.1, 0.15) is 11.1 Å². The molecule has 7 nitrogen and oxygen atoms in total. The van der Waals surface area contributed by atoms with Crippen molar-refractivity contribution in [1.82, 2.24) is 19.7 Å². The summed E-state index contributed by atoms with van der Waals surface area (Å²) in [6.45, 7) is 1.95. The number of nitrogens with zero attached hydrogens (tertiary/aromatic N) is 5. The maximum absolute atomic E-state index is 8.92. The molecule has 2 heterocycles. The quantitative estimate of drug-likeness (QED) is 0.794. The molecule has 0 spiro atoms. The summed E-state index contributed by atoms with van der Waals surface area (Å²) >= 11 is 0. The zero-order chi connectivity index (χ0) is 15.5. The van der Waals surface area contributed by atoms with Gasteiger partial charge in [0.05, 0.1) is 6.20 Å².